The number of nitrogens with one attached hydrogen (secondary N) is 2. The van der Waals surface area contributed by atoms with Gasteiger partial charge in [-0.15, -0.1) is 0 Å². The van der Waals surface area contributed by atoms with Crippen molar-refractivity contribution < 1.29 is 5.11 Å². The van der Waals surface area contributed by atoms with E-state index in [0.29, 0.717) is 19.0 Å². The van der Waals surface area contributed by atoms with E-state index < -0.39 is 6.10 Å². The Labute approximate surface area is 174 Å². The molecule has 0 bridgehead atoms. The zero-order valence-electron chi connectivity index (χ0n) is 17.3. The Kier molecular flexibility index (Phi) is 8.46. The molecule has 156 valence electrons. The highest BCUT2D eigenvalue weighted by molar-refractivity contribution is 5.79. The molecule has 1 saturated heterocycles. The minimum Gasteiger partial charge on any atom is -0.387 e. The Morgan fingerprint density at radius 2 is 1.72 bits per heavy atom. The lowest BCUT2D eigenvalue weighted by Gasteiger charge is -2.26. The normalized spacial score (nSPS) is 16.4. The molecule has 6 heteroatoms. The summed E-state index contributed by atoms with van der Waals surface area (Å²) in [5.41, 5.74) is 3.39. The molecular weight excluding hydrogens is 362 g/mol. The van der Waals surface area contributed by atoms with E-state index in [1.807, 2.05) is 19.1 Å². The molecule has 0 aliphatic carbocycles. The van der Waals surface area contributed by atoms with Crippen LogP contribution < -0.4 is 10.6 Å². The molecule has 3 N–H and O–H groups in total. The third-order valence-corrected chi connectivity index (χ3v) is 5.20. The molecule has 29 heavy (non-hydrogen) atoms. The van der Waals surface area contributed by atoms with Gasteiger partial charge >= 0.3 is 0 Å². The maximum absolute atomic E-state index is 10.3. The third kappa shape index (κ3) is 7.15. The summed E-state index contributed by atoms with van der Waals surface area (Å²) in [6, 6.07) is 12.4. The predicted octanol–water partition coefficient (Wildman–Crippen LogP) is 2.86. The molecule has 1 atom stereocenters. The van der Waals surface area contributed by atoms with Crippen molar-refractivity contribution >= 4 is 5.96 Å². The van der Waals surface area contributed by atoms with Crippen molar-refractivity contribution in [2.45, 2.75) is 45.4 Å². The Balaban J connectivity index is 1.51. The summed E-state index contributed by atoms with van der Waals surface area (Å²) in [6.45, 7) is 7.28. The Morgan fingerprint density at radius 1 is 1.03 bits per heavy atom. The summed E-state index contributed by atoms with van der Waals surface area (Å²) in [4.78, 5) is 11.2. The first-order valence-electron chi connectivity index (χ1n) is 10.6. The van der Waals surface area contributed by atoms with Crippen molar-refractivity contribution in [2.75, 3.05) is 26.2 Å². The minimum atomic E-state index is -0.601. The molecule has 1 aromatic heterocycles. The largest absolute Gasteiger partial charge is 0.387 e. The van der Waals surface area contributed by atoms with E-state index in [2.05, 4.69) is 49.8 Å². The summed E-state index contributed by atoms with van der Waals surface area (Å²) >= 11 is 0. The number of aliphatic hydroxyl groups is 1. The smallest absolute Gasteiger partial charge is 0.191 e. The zero-order chi connectivity index (χ0) is 20.3. The number of rotatable bonds is 8. The molecule has 3 rings (SSSR count). The second-order valence-electron chi connectivity index (χ2n) is 7.53. The third-order valence-electron chi connectivity index (χ3n) is 5.20. The van der Waals surface area contributed by atoms with Gasteiger partial charge in [-0.2, -0.15) is 0 Å². The number of aliphatic hydroxyl groups excluding tert-OH is 1. The van der Waals surface area contributed by atoms with Gasteiger partial charge in [0.1, 0.15) is 0 Å². The predicted molar refractivity (Wildman–Crippen MR) is 118 cm³/mol. The first kappa shape index (κ1) is 21.3. The first-order chi connectivity index (χ1) is 14.2. The number of nitrogens with zero attached hydrogens (tertiary/aromatic N) is 3. The molecule has 2 heterocycles. The number of benzene rings is 1. The topological polar surface area (TPSA) is 72.8 Å². The maximum Gasteiger partial charge on any atom is 0.191 e. The van der Waals surface area contributed by atoms with Gasteiger partial charge in [-0.05, 0) is 61.7 Å². The lowest BCUT2D eigenvalue weighted by Crippen LogP contribution is -2.39. The number of piperidine rings is 1. The van der Waals surface area contributed by atoms with Crippen LogP contribution >= 0.6 is 0 Å². The highest BCUT2D eigenvalue weighted by Gasteiger charge is 2.10. The maximum atomic E-state index is 10.3. The van der Waals surface area contributed by atoms with Crippen LogP contribution in [0.15, 0.2) is 53.8 Å². The van der Waals surface area contributed by atoms with E-state index in [9.17, 15) is 5.11 Å². The quantitative estimate of drug-likeness (QED) is 0.474. The van der Waals surface area contributed by atoms with E-state index in [1.165, 1.54) is 43.5 Å². The lowest BCUT2D eigenvalue weighted by molar-refractivity contribution is 0.180. The molecule has 0 radical (unpaired) electrons. The van der Waals surface area contributed by atoms with Crippen molar-refractivity contribution in [1.82, 2.24) is 20.5 Å². The monoisotopic (exact) mass is 395 g/mol. The van der Waals surface area contributed by atoms with Crippen LogP contribution in [0, 0.1) is 0 Å². The van der Waals surface area contributed by atoms with Crippen molar-refractivity contribution in [3.8, 4) is 0 Å². The van der Waals surface area contributed by atoms with Gasteiger partial charge in [0.2, 0.25) is 0 Å². The summed E-state index contributed by atoms with van der Waals surface area (Å²) in [6.07, 6.45) is 6.79. The number of aromatic nitrogens is 1. The van der Waals surface area contributed by atoms with Gasteiger partial charge in [0, 0.05) is 32.0 Å². The molecule has 1 aromatic carbocycles. The van der Waals surface area contributed by atoms with Gasteiger partial charge in [-0.3, -0.25) is 9.88 Å². The fraction of sp³-hybridized carbons (Fsp3) is 0.478. The highest BCUT2D eigenvalue weighted by atomic mass is 16.3. The molecule has 1 aliphatic heterocycles. The van der Waals surface area contributed by atoms with Crippen molar-refractivity contribution in [2.24, 2.45) is 4.99 Å². The molecule has 0 saturated carbocycles. The summed E-state index contributed by atoms with van der Waals surface area (Å²) in [5.74, 6) is 0.706. The lowest BCUT2D eigenvalue weighted by atomic mass is 10.1. The van der Waals surface area contributed by atoms with E-state index >= 15 is 0 Å². The molecule has 0 amide bonds. The van der Waals surface area contributed by atoms with E-state index in [0.717, 1.165) is 18.7 Å². The van der Waals surface area contributed by atoms with Gasteiger partial charge < -0.3 is 15.7 Å². The molecule has 0 spiro atoms. The zero-order valence-corrected chi connectivity index (χ0v) is 17.3. The van der Waals surface area contributed by atoms with Crippen LogP contribution in [0.4, 0.5) is 0 Å². The number of pyridine rings is 1. The van der Waals surface area contributed by atoms with E-state index in [4.69, 9.17) is 0 Å². The first-order valence-corrected chi connectivity index (χ1v) is 10.6. The van der Waals surface area contributed by atoms with Crippen molar-refractivity contribution in [3.05, 3.63) is 65.5 Å². The highest BCUT2D eigenvalue weighted by Crippen LogP contribution is 2.14. The van der Waals surface area contributed by atoms with Crippen LogP contribution in [0.3, 0.4) is 0 Å². The number of guanidine groups is 1. The number of aliphatic imine (C=N–C) groups is 1. The molecule has 2 aromatic rings. The Morgan fingerprint density at radius 3 is 2.41 bits per heavy atom. The SMILES string of the molecule is CCNC(=NCc1ccc(CN2CCCCC2)cc1)NCC(O)c1ccncc1. The van der Waals surface area contributed by atoms with Crippen LogP contribution in [0.25, 0.3) is 0 Å². The molecule has 1 fully saturated rings. The molecular formula is C23H33N5O. The van der Waals surface area contributed by atoms with Gasteiger partial charge in [0.05, 0.1) is 12.6 Å². The standard InChI is InChI=1S/C23H33N5O/c1-2-25-23(27-17-22(29)21-10-12-24-13-11-21)26-16-19-6-8-20(9-7-19)18-28-14-4-3-5-15-28/h6-13,22,29H,2-5,14-18H2,1H3,(H2,25,26,27). The van der Waals surface area contributed by atoms with E-state index in [1.54, 1.807) is 12.4 Å². The van der Waals surface area contributed by atoms with Crippen LogP contribution in [-0.2, 0) is 13.1 Å². The molecule has 6 nitrogen and oxygen atoms in total. The van der Waals surface area contributed by atoms with Crippen LogP contribution in [0.2, 0.25) is 0 Å². The van der Waals surface area contributed by atoms with Crippen LogP contribution in [-0.4, -0.2) is 47.1 Å². The number of hydrogen-bond acceptors (Lipinski definition) is 4. The average Bonchev–Trinajstić information content (AvgIpc) is 2.78. The van der Waals surface area contributed by atoms with Crippen molar-refractivity contribution in [1.29, 1.82) is 0 Å². The van der Waals surface area contributed by atoms with Gasteiger partial charge in [-0.1, -0.05) is 30.7 Å². The van der Waals surface area contributed by atoms with Gasteiger partial charge in [0.25, 0.3) is 0 Å². The molecule has 1 aliphatic rings. The van der Waals surface area contributed by atoms with E-state index in [-0.39, 0.29) is 0 Å². The van der Waals surface area contributed by atoms with Gasteiger partial charge in [0.15, 0.2) is 5.96 Å². The summed E-state index contributed by atoms with van der Waals surface area (Å²) in [5, 5.41) is 16.8. The molecule has 1 unspecified atom stereocenters. The fourth-order valence-corrected chi connectivity index (χ4v) is 3.53. The Hall–Kier alpha value is -2.44. The van der Waals surface area contributed by atoms with Crippen LogP contribution in [0.1, 0.15) is 49.0 Å². The second-order valence-corrected chi connectivity index (χ2v) is 7.53. The Bertz CT molecular complexity index is 742. The fourth-order valence-electron chi connectivity index (χ4n) is 3.53. The van der Waals surface area contributed by atoms with Gasteiger partial charge in [-0.25, -0.2) is 4.99 Å². The number of likely N-dealkylation sites (tertiary alicyclic amines) is 1. The van der Waals surface area contributed by atoms with Crippen LogP contribution in [0.5, 0.6) is 0 Å². The second kappa shape index (κ2) is 11.5. The van der Waals surface area contributed by atoms with Crippen molar-refractivity contribution in [3.63, 3.8) is 0 Å². The summed E-state index contributed by atoms with van der Waals surface area (Å²) in [7, 11) is 0. The summed E-state index contributed by atoms with van der Waals surface area (Å²) < 4.78 is 0. The average molecular weight is 396 g/mol. The minimum absolute atomic E-state index is 0.393. The number of hydrogen-bond donors (Lipinski definition) is 3.